The molecule has 0 bridgehead atoms. The topological polar surface area (TPSA) is 129 Å². The standard InChI is InChI=1S/C21H17Cl2N5O4S/c22-16-8-4-6-14(12-16)19(29)24-26-21(28-33(31,32)18-10-2-1-3-11-18)27-25-20(30)15-7-5-9-17(23)13-15/h1-13H,(H,24,29)(H,25,30)(H2,26,27,28). The van der Waals surface area contributed by atoms with Gasteiger partial charge in [-0.2, -0.15) is 8.42 Å². The van der Waals surface area contributed by atoms with E-state index in [1.165, 1.54) is 48.5 Å². The van der Waals surface area contributed by atoms with Gasteiger partial charge in [-0.15, -0.1) is 4.40 Å². The number of carbonyl (C=O) groups is 2. The SMILES string of the molecule is O=C(NNC(=NS(=O)(=O)c1ccccc1)NNC(=O)c1cccc(Cl)c1)c1cccc(Cl)c1. The zero-order valence-corrected chi connectivity index (χ0v) is 19.1. The maximum atomic E-state index is 12.6. The van der Waals surface area contributed by atoms with Crippen molar-refractivity contribution in [3.8, 4) is 0 Å². The van der Waals surface area contributed by atoms with E-state index < -0.39 is 27.8 Å². The van der Waals surface area contributed by atoms with Crippen molar-refractivity contribution in [1.29, 1.82) is 0 Å². The fourth-order valence-electron chi connectivity index (χ4n) is 2.48. The number of sulfonamides is 1. The van der Waals surface area contributed by atoms with Crippen molar-refractivity contribution in [3.63, 3.8) is 0 Å². The summed E-state index contributed by atoms with van der Waals surface area (Å²) >= 11 is 11.8. The lowest BCUT2D eigenvalue weighted by Gasteiger charge is -2.14. The van der Waals surface area contributed by atoms with Crippen molar-refractivity contribution in [2.45, 2.75) is 4.90 Å². The van der Waals surface area contributed by atoms with Crippen LogP contribution in [0, 0.1) is 0 Å². The van der Waals surface area contributed by atoms with E-state index in [1.807, 2.05) is 0 Å². The molecule has 33 heavy (non-hydrogen) atoms. The van der Waals surface area contributed by atoms with E-state index in [1.54, 1.807) is 30.3 Å². The summed E-state index contributed by atoms with van der Waals surface area (Å²) in [6, 6.07) is 19.6. The molecule has 3 aromatic rings. The van der Waals surface area contributed by atoms with Gasteiger partial charge in [-0.05, 0) is 48.5 Å². The van der Waals surface area contributed by atoms with E-state index in [4.69, 9.17) is 23.2 Å². The van der Waals surface area contributed by atoms with E-state index in [0.29, 0.717) is 10.0 Å². The minimum absolute atomic E-state index is 0.0894. The molecular formula is C21H17Cl2N5O4S. The summed E-state index contributed by atoms with van der Waals surface area (Å²) < 4.78 is 28.9. The van der Waals surface area contributed by atoms with E-state index in [2.05, 4.69) is 26.1 Å². The lowest BCUT2D eigenvalue weighted by Crippen LogP contribution is -2.53. The maximum Gasteiger partial charge on any atom is 0.285 e. The number of amides is 2. The van der Waals surface area contributed by atoms with Crippen LogP contribution in [0.25, 0.3) is 0 Å². The van der Waals surface area contributed by atoms with Crippen LogP contribution in [-0.2, 0) is 10.0 Å². The zero-order valence-electron chi connectivity index (χ0n) is 16.7. The summed E-state index contributed by atoms with van der Waals surface area (Å²) in [6.07, 6.45) is 0. The molecule has 0 aliphatic rings. The molecule has 0 saturated heterocycles. The van der Waals surface area contributed by atoms with Crippen molar-refractivity contribution in [2.24, 2.45) is 4.40 Å². The molecule has 0 aliphatic heterocycles. The van der Waals surface area contributed by atoms with E-state index in [-0.39, 0.29) is 16.0 Å². The minimum atomic E-state index is -4.18. The van der Waals surface area contributed by atoms with Crippen molar-refractivity contribution in [1.82, 2.24) is 21.7 Å². The van der Waals surface area contributed by atoms with Crippen LogP contribution in [0.15, 0.2) is 88.2 Å². The van der Waals surface area contributed by atoms with Gasteiger partial charge in [0.1, 0.15) is 0 Å². The maximum absolute atomic E-state index is 12.6. The van der Waals surface area contributed by atoms with Gasteiger partial charge in [0.05, 0.1) is 4.90 Å². The summed E-state index contributed by atoms with van der Waals surface area (Å²) in [5, 5.41) is 0.685. The Kier molecular flexibility index (Phi) is 7.88. The smallest absolute Gasteiger partial charge is 0.267 e. The van der Waals surface area contributed by atoms with Gasteiger partial charge >= 0.3 is 0 Å². The molecule has 9 nitrogen and oxygen atoms in total. The Hall–Kier alpha value is -3.60. The lowest BCUT2D eigenvalue weighted by molar-refractivity contribution is 0.0943. The fourth-order valence-corrected chi connectivity index (χ4v) is 3.80. The molecule has 3 aromatic carbocycles. The van der Waals surface area contributed by atoms with Crippen molar-refractivity contribution < 1.29 is 18.0 Å². The Morgan fingerprint density at radius 2 is 1.15 bits per heavy atom. The Labute approximate surface area is 199 Å². The van der Waals surface area contributed by atoms with Crippen LogP contribution in [0.1, 0.15) is 20.7 Å². The van der Waals surface area contributed by atoms with E-state index >= 15 is 0 Å². The number of rotatable bonds is 4. The van der Waals surface area contributed by atoms with Gasteiger partial charge in [0.15, 0.2) is 0 Å². The average molecular weight is 506 g/mol. The number of hydrogen-bond acceptors (Lipinski definition) is 4. The van der Waals surface area contributed by atoms with Crippen LogP contribution in [0.3, 0.4) is 0 Å². The average Bonchev–Trinajstić information content (AvgIpc) is 2.81. The molecule has 0 radical (unpaired) electrons. The van der Waals surface area contributed by atoms with Crippen LogP contribution in [0.4, 0.5) is 0 Å². The molecule has 0 atom stereocenters. The van der Waals surface area contributed by atoms with Gasteiger partial charge in [-0.3, -0.25) is 31.3 Å². The Balaban J connectivity index is 1.79. The second-order valence-electron chi connectivity index (χ2n) is 6.41. The molecule has 0 spiro atoms. The molecule has 170 valence electrons. The Morgan fingerprint density at radius 3 is 1.61 bits per heavy atom. The lowest BCUT2D eigenvalue weighted by atomic mass is 10.2. The molecule has 3 rings (SSSR count). The first-order chi connectivity index (χ1) is 15.7. The minimum Gasteiger partial charge on any atom is -0.267 e. The van der Waals surface area contributed by atoms with Gasteiger partial charge in [-0.25, -0.2) is 0 Å². The Morgan fingerprint density at radius 1 is 0.667 bits per heavy atom. The number of guanidine groups is 1. The molecular weight excluding hydrogens is 489 g/mol. The summed E-state index contributed by atoms with van der Waals surface area (Å²) in [7, 11) is -4.18. The number of carbonyl (C=O) groups excluding carboxylic acids is 2. The normalized spacial score (nSPS) is 10.6. The zero-order chi connectivity index (χ0) is 23.8. The van der Waals surface area contributed by atoms with Crippen LogP contribution in [0.2, 0.25) is 10.0 Å². The highest BCUT2D eigenvalue weighted by atomic mass is 35.5. The highest BCUT2D eigenvalue weighted by Crippen LogP contribution is 2.12. The molecule has 0 unspecified atom stereocenters. The van der Waals surface area contributed by atoms with Crippen LogP contribution in [0.5, 0.6) is 0 Å². The van der Waals surface area contributed by atoms with Gasteiger partial charge in [0.25, 0.3) is 21.8 Å². The highest BCUT2D eigenvalue weighted by Gasteiger charge is 2.16. The quantitative estimate of drug-likeness (QED) is 0.245. The summed E-state index contributed by atoms with van der Waals surface area (Å²) in [5.41, 5.74) is 9.73. The largest absolute Gasteiger partial charge is 0.285 e. The fraction of sp³-hybridized carbons (Fsp3) is 0. The van der Waals surface area contributed by atoms with Gasteiger partial charge in [0.2, 0.25) is 5.96 Å². The van der Waals surface area contributed by atoms with Crippen molar-refractivity contribution in [2.75, 3.05) is 0 Å². The number of nitrogens with one attached hydrogen (secondary N) is 4. The number of hydrazine groups is 2. The van der Waals surface area contributed by atoms with Crippen LogP contribution >= 0.6 is 23.2 Å². The van der Waals surface area contributed by atoms with E-state index in [9.17, 15) is 18.0 Å². The first kappa shape index (κ1) is 24.1. The number of nitrogens with zero attached hydrogens (tertiary/aromatic N) is 1. The van der Waals surface area contributed by atoms with E-state index in [0.717, 1.165) is 0 Å². The van der Waals surface area contributed by atoms with Gasteiger partial charge < -0.3 is 0 Å². The van der Waals surface area contributed by atoms with Crippen LogP contribution < -0.4 is 21.7 Å². The number of benzene rings is 3. The Bertz CT molecular complexity index is 1240. The third-order valence-corrected chi connectivity index (χ3v) is 5.78. The first-order valence-corrected chi connectivity index (χ1v) is 11.5. The predicted molar refractivity (Wildman–Crippen MR) is 125 cm³/mol. The predicted octanol–water partition coefficient (Wildman–Crippen LogP) is 2.91. The molecule has 0 heterocycles. The monoisotopic (exact) mass is 505 g/mol. The molecule has 12 heteroatoms. The van der Waals surface area contributed by atoms with Crippen molar-refractivity contribution >= 4 is 51.0 Å². The first-order valence-electron chi connectivity index (χ1n) is 9.28. The van der Waals surface area contributed by atoms with Crippen LogP contribution in [-0.4, -0.2) is 26.2 Å². The van der Waals surface area contributed by atoms with Gasteiger partial charge in [0, 0.05) is 21.2 Å². The number of hydrogen-bond donors (Lipinski definition) is 4. The molecule has 4 N–H and O–H groups in total. The third kappa shape index (κ3) is 6.94. The number of halogens is 2. The summed E-state index contributed by atoms with van der Waals surface area (Å²) in [6.45, 7) is 0. The molecule has 0 saturated carbocycles. The van der Waals surface area contributed by atoms with Crippen molar-refractivity contribution in [3.05, 3.63) is 100 Å². The second kappa shape index (κ2) is 10.8. The second-order valence-corrected chi connectivity index (χ2v) is 8.88. The molecule has 0 fully saturated rings. The summed E-state index contributed by atoms with van der Waals surface area (Å²) in [4.78, 5) is 24.6. The molecule has 0 aliphatic carbocycles. The third-order valence-electron chi connectivity index (χ3n) is 4.02. The highest BCUT2D eigenvalue weighted by molar-refractivity contribution is 7.90. The summed E-state index contributed by atoms with van der Waals surface area (Å²) in [5.74, 6) is -1.71. The van der Waals surface area contributed by atoms with Gasteiger partial charge in [-0.1, -0.05) is 53.5 Å². The molecule has 0 aromatic heterocycles. The molecule has 2 amide bonds.